The zero-order valence-electron chi connectivity index (χ0n) is 7.60. The molecule has 1 aliphatic heterocycles. The Morgan fingerprint density at radius 3 is 2.58 bits per heavy atom. The highest BCUT2D eigenvalue weighted by Crippen LogP contribution is 2.44. The van der Waals surface area contributed by atoms with Crippen molar-refractivity contribution >= 4 is 6.29 Å². The largest absolute Gasteiger partial charge is 0.375 e. The minimum atomic E-state index is -0.595. The van der Waals surface area contributed by atoms with Crippen molar-refractivity contribution in [1.82, 2.24) is 0 Å². The molecule has 0 spiro atoms. The second-order valence-corrected chi connectivity index (χ2v) is 3.82. The lowest BCUT2D eigenvalue weighted by atomic mass is 9.72. The van der Waals surface area contributed by atoms with Crippen LogP contribution >= 0.6 is 0 Å². The molecule has 1 rings (SSSR count). The zero-order valence-corrected chi connectivity index (χ0v) is 7.60. The first kappa shape index (κ1) is 9.65. The van der Waals surface area contributed by atoms with Gasteiger partial charge in [0.05, 0.1) is 17.7 Å². The standard InChI is InChI=1S/C9H15FO2/c1-8(2)9(7-11,3-5-10)4-6-12-8/h7H,3-6H2,1-2H3. The van der Waals surface area contributed by atoms with Gasteiger partial charge in [0.25, 0.3) is 0 Å². The van der Waals surface area contributed by atoms with Crippen molar-refractivity contribution in [2.45, 2.75) is 32.3 Å². The second-order valence-electron chi connectivity index (χ2n) is 3.82. The summed E-state index contributed by atoms with van der Waals surface area (Å²) in [6.07, 6.45) is 1.79. The third kappa shape index (κ3) is 1.26. The predicted octanol–water partition coefficient (Wildman–Crippen LogP) is 1.73. The Morgan fingerprint density at radius 1 is 1.58 bits per heavy atom. The molecule has 0 aromatic heterocycles. The van der Waals surface area contributed by atoms with Gasteiger partial charge in [-0.2, -0.15) is 0 Å². The van der Waals surface area contributed by atoms with Crippen molar-refractivity contribution in [2.24, 2.45) is 5.41 Å². The third-order valence-corrected chi connectivity index (χ3v) is 2.98. The van der Waals surface area contributed by atoms with Crippen LogP contribution in [0.15, 0.2) is 0 Å². The summed E-state index contributed by atoms with van der Waals surface area (Å²) >= 11 is 0. The van der Waals surface area contributed by atoms with Crippen LogP contribution in [0.25, 0.3) is 0 Å². The first-order chi connectivity index (χ1) is 5.58. The molecule has 0 N–H and O–H groups in total. The molecule has 0 aromatic carbocycles. The van der Waals surface area contributed by atoms with E-state index in [0.29, 0.717) is 13.0 Å². The molecule has 0 saturated carbocycles. The molecular formula is C9H15FO2. The summed E-state index contributed by atoms with van der Waals surface area (Å²) in [7, 11) is 0. The van der Waals surface area contributed by atoms with Gasteiger partial charge in [-0.1, -0.05) is 0 Å². The number of hydrogen-bond acceptors (Lipinski definition) is 2. The molecule has 1 unspecified atom stereocenters. The quantitative estimate of drug-likeness (QED) is 0.609. The second kappa shape index (κ2) is 3.13. The zero-order chi connectivity index (χ0) is 9.24. The molecule has 0 amide bonds. The SMILES string of the molecule is CC1(C)OCCC1(C=O)CCF. The van der Waals surface area contributed by atoms with E-state index in [1.165, 1.54) is 0 Å². The number of hydrogen-bond donors (Lipinski definition) is 0. The van der Waals surface area contributed by atoms with Crippen LogP contribution in [0.4, 0.5) is 4.39 Å². The van der Waals surface area contributed by atoms with Crippen molar-refractivity contribution in [2.75, 3.05) is 13.3 Å². The molecule has 3 heteroatoms. The molecule has 70 valence electrons. The molecule has 2 nitrogen and oxygen atoms in total. The number of aldehydes is 1. The van der Waals surface area contributed by atoms with Crippen LogP contribution in [0.2, 0.25) is 0 Å². The number of ether oxygens (including phenoxy) is 1. The van der Waals surface area contributed by atoms with Gasteiger partial charge < -0.3 is 9.53 Å². The lowest BCUT2D eigenvalue weighted by molar-refractivity contribution is -0.125. The maximum atomic E-state index is 12.2. The fourth-order valence-corrected chi connectivity index (χ4v) is 1.79. The van der Waals surface area contributed by atoms with Crippen molar-refractivity contribution in [3.8, 4) is 0 Å². The number of carbonyl (C=O) groups is 1. The summed E-state index contributed by atoms with van der Waals surface area (Å²) in [6.45, 7) is 3.81. The van der Waals surface area contributed by atoms with E-state index in [9.17, 15) is 9.18 Å². The van der Waals surface area contributed by atoms with E-state index in [2.05, 4.69) is 0 Å². The van der Waals surface area contributed by atoms with Gasteiger partial charge >= 0.3 is 0 Å². The summed E-state index contributed by atoms with van der Waals surface area (Å²) in [5, 5.41) is 0. The molecule has 1 aliphatic rings. The van der Waals surface area contributed by atoms with E-state index < -0.39 is 17.7 Å². The minimum Gasteiger partial charge on any atom is -0.375 e. The monoisotopic (exact) mass is 174 g/mol. The molecule has 1 fully saturated rings. The van der Waals surface area contributed by atoms with Crippen molar-refractivity contribution in [3.63, 3.8) is 0 Å². The Kier molecular flexibility index (Phi) is 2.52. The van der Waals surface area contributed by atoms with Crippen molar-refractivity contribution < 1.29 is 13.9 Å². The smallest absolute Gasteiger partial charge is 0.129 e. The predicted molar refractivity (Wildman–Crippen MR) is 43.7 cm³/mol. The van der Waals surface area contributed by atoms with Crippen LogP contribution < -0.4 is 0 Å². The van der Waals surface area contributed by atoms with Crippen LogP contribution in [0.3, 0.4) is 0 Å². The van der Waals surface area contributed by atoms with E-state index in [0.717, 1.165) is 6.29 Å². The molecule has 0 aromatic rings. The number of rotatable bonds is 3. The van der Waals surface area contributed by atoms with Crippen LogP contribution in [-0.4, -0.2) is 25.2 Å². The van der Waals surface area contributed by atoms with Crippen LogP contribution in [0.1, 0.15) is 26.7 Å². The molecule has 0 aliphatic carbocycles. The fraction of sp³-hybridized carbons (Fsp3) is 0.889. The lowest BCUT2D eigenvalue weighted by Crippen LogP contribution is -2.41. The fourth-order valence-electron chi connectivity index (χ4n) is 1.79. The highest BCUT2D eigenvalue weighted by Gasteiger charge is 2.49. The first-order valence-corrected chi connectivity index (χ1v) is 4.24. The average molecular weight is 174 g/mol. The number of halogens is 1. The number of carbonyl (C=O) groups excluding carboxylic acids is 1. The van der Waals surface area contributed by atoms with Crippen LogP contribution in [0, 0.1) is 5.41 Å². The van der Waals surface area contributed by atoms with Gasteiger partial charge in [-0.05, 0) is 26.7 Å². The van der Waals surface area contributed by atoms with Gasteiger partial charge in [0, 0.05) is 6.61 Å². The summed E-state index contributed by atoms with van der Waals surface area (Å²) in [6, 6.07) is 0. The Morgan fingerprint density at radius 2 is 2.25 bits per heavy atom. The Hall–Kier alpha value is -0.440. The molecular weight excluding hydrogens is 159 g/mol. The molecule has 1 saturated heterocycles. The first-order valence-electron chi connectivity index (χ1n) is 4.24. The summed E-state index contributed by atoms with van der Waals surface area (Å²) in [5.41, 5.74) is -1.09. The van der Waals surface area contributed by atoms with Crippen molar-refractivity contribution in [3.05, 3.63) is 0 Å². The van der Waals surface area contributed by atoms with Gasteiger partial charge in [0.15, 0.2) is 0 Å². The maximum Gasteiger partial charge on any atom is 0.129 e. The summed E-state index contributed by atoms with van der Waals surface area (Å²) in [4.78, 5) is 10.9. The highest BCUT2D eigenvalue weighted by molar-refractivity contribution is 5.62. The average Bonchev–Trinajstić information content (AvgIpc) is 2.29. The topological polar surface area (TPSA) is 26.3 Å². The van der Waals surface area contributed by atoms with Gasteiger partial charge in [-0.25, -0.2) is 0 Å². The van der Waals surface area contributed by atoms with E-state index in [4.69, 9.17) is 4.74 Å². The molecule has 0 radical (unpaired) electrons. The molecule has 1 heterocycles. The summed E-state index contributed by atoms with van der Waals surface area (Å²) < 4.78 is 17.6. The Bertz CT molecular complexity index is 179. The molecule has 0 bridgehead atoms. The Balaban J connectivity index is 2.83. The van der Waals surface area contributed by atoms with E-state index in [-0.39, 0.29) is 6.42 Å². The van der Waals surface area contributed by atoms with E-state index in [1.807, 2.05) is 13.8 Å². The van der Waals surface area contributed by atoms with Crippen LogP contribution in [0.5, 0.6) is 0 Å². The van der Waals surface area contributed by atoms with E-state index in [1.54, 1.807) is 0 Å². The van der Waals surface area contributed by atoms with Crippen LogP contribution in [-0.2, 0) is 9.53 Å². The normalized spacial score (nSPS) is 33.6. The summed E-state index contributed by atoms with van der Waals surface area (Å²) in [5.74, 6) is 0. The molecule has 1 atom stereocenters. The van der Waals surface area contributed by atoms with Gasteiger partial charge in [0.1, 0.15) is 6.29 Å². The maximum absolute atomic E-state index is 12.2. The van der Waals surface area contributed by atoms with Crippen molar-refractivity contribution in [1.29, 1.82) is 0 Å². The third-order valence-electron chi connectivity index (χ3n) is 2.98. The van der Waals surface area contributed by atoms with Gasteiger partial charge in [0.2, 0.25) is 0 Å². The Labute approximate surface area is 72.1 Å². The van der Waals surface area contributed by atoms with Gasteiger partial charge in [-0.3, -0.25) is 4.39 Å². The lowest BCUT2D eigenvalue weighted by Gasteiger charge is -2.34. The number of alkyl halides is 1. The molecule has 12 heavy (non-hydrogen) atoms. The highest BCUT2D eigenvalue weighted by atomic mass is 19.1. The van der Waals surface area contributed by atoms with Gasteiger partial charge in [-0.15, -0.1) is 0 Å². The van der Waals surface area contributed by atoms with E-state index >= 15 is 0 Å². The minimum absolute atomic E-state index is 0.281.